The number of aromatic nitrogens is 1. The van der Waals surface area contributed by atoms with Crippen LogP contribution in [0, 0.1) is 5.41 Å². The third kappa shape index (κ3) is 2.13. The standard InChI is InChI=1S/C15H17NO2/c17-14(18)9-15(7-8-15)6-5-11-10-16-13-4-2-1-3-12(11)13/h1-4,10,16H,5-9H2,(H,17,18). The normalized spacial score (nSPS) is 16.9. The molecule has 1 aromatic carbocycles. The van der Waals surface area contributed by atoms with Gasteiger partial charge >= 0.3 is 5.97 Å². The first kappa shape index (κ1) is 11.3. The lowest BCUT2D eigenvalue weighted by Crippen LogP contribution is -2.09. The molecular weight excluding hydrogens is 226 g/mol. The number of aromatic amines is 1. The van der Waals surface area contributed by atoms with Crippen LogP contribution in [0.1, 0.15) is 31.2 Å². The van der Waals surface area contributed by atoms with Gasteiger partial charge in [-0.1, -0.05) is 18.2 Å². The highest BCUT2D eigenvalue weighted by molar-refractivity contribution is 5.83. The van der Waals surface area contributed by atoms with Crippen LogP contribution in [0.4, 0.5) is 0 Å². The third-order valence-electron chi connectivity index (χ3n) is 4.08. The zero-order valence-corrected chi connectivity index (χ0v) is 10.3. The van der Waals surface area contributed by atoms with Gasteiger partial charge in [0.15, 0.2) is 0 Å². The first-order valence-electron chi connectivity index (χ1n) is 6.45. The fourth-order valence-corrected chi connectivity index (χ4v) is 2.75. The van der Waals surface area contributed by atoms with Crippen LogP contribution in [-0.4, -0.2) is 16.1 Å². The van der Waals surface area contributed by atoms with Crippen molar-refractivity contribution in [3.05, 3.63) is 36.0 Å². The molecule has 0 atom stereocenters. The number of carbonyl (C=O) groups is 1. The second-order valence-corrected chi connectivity index (χ2v) is 5.43. The Morgan fingerprint density at radius 3 is 2.83 bits per heavy atom. The van der Waals surface area contributed by atoms with E-state index in [0.29, 0.717) is 6.42 Å². The second-order valence-electron chi connectivity index (χ2n) is 5.43. The van der Waals surface area contributed by atoms with E-state index in [-0.39, 0.29) is 5.41 Å². The Morgan fingerprint density at radius 1 is 1.33 bits per heavy atom. The van der Waals surface area contributed by atoms with Gasteiger partial charge in [-0.25, -0.2) is 0 Å². The molecule has 18 heavy (non-hydrogen) atoms. The summed E-state index contributed by atoms with van der Waals surface area (Å²) < 4.78 is 0. The number of hydrogen-bond donors (Lipinski definition) is 2. The topological polar surface area (TPSA) is 53.1 Å². The molecule has 1 heterocycles. The zero-order valence-electron chi connectivity index (χ0n) is 10.3. The molecule has 1 saturated carbocycles. The number of H-pyrrole nitrogens is 1. The maximum Gasteiger partial charge on any atom is 0.303 e. The summed E-state index contributed by atoms with van der Waals surface area (Å²) in [6, 6.07) is 8.26. The van der Waals surface area contributed by atoms with Gasteiger partial charge in [0.05, 0.1) is 6.42 Å². The van der Waals surface area contributed by atoms with Crippen molar-refractivity contribution < 1.29 is 9.90 Å². The minimum Gasteiger partial charge on any atom is -0.481 e. The van der Waals surface area contributed by atoms with Crippen LogP contribution in [0.3, 0.4) is 0 Å². The molecule has 0 saturated heterocycles. The number of para-hydroxylation sites is 1. The van der Waals surface area contributed by atoms with E-state index in [9.17, 15) is 4.79 Å². The molecule has 1 fully saturated rings. The average Bonchev–Trinajstić information content (AvgIpc) is 2.98. The molecule has 1 aliphatic rings. The Morgan fingerprint density at radius 2 is 2.11 bits per heavy atom. The third-order valence-corrected chi connectivity index (χ3v) is 4.08. The van der Waals surface area contributed by atoms with Gasteiger partial charge in [0.25, 0.3) is 0 Å². The molecule has 94 valence electrons. The van der Waals surface area contributed by atoms with Crippen LogP contribution in [-0.2, 0) is 11.2 Å². The number of hydrogen-bond acceptors (Lipinski definition) is 1. The molecule has 1 aromatic heterocycles. The van der Waals surface area contributed by atoms with Gasteiger partial charge in [0.1, 0.15) is 0 Å². The Bertz CT molecular complexity index is 581. The molecule has 2 N–H and O–H groups in total. The van der Waals surface area contributed by atoms with Crippen molar-refractivity contribution in [1.82, 2.24) is 4.98 Å². The minimum absolute atomic E-state index is 0.0875. The molecule has 3 heteroatoms. The van der Waals surface area contributed by atoms with Crippen molar-refractivity contribution in [3.63, 3.8) is 0 Å². The summed E-state index contributed by atoms with van der Waals surface area (Å²) in [5.74, 6) is -0.661. The van der Waals surface area contributed by atoms with Crippen molar-refractivity contribution in [2.24, 2.45) is 5.41 Å². The van der Waals surface area contributed by atoms with E-state index in [0.717, 1.165) is 31.2 Å². The van der Waals surface area contributed by atoms with Crippen molar-refractivity contribution in [2.75, 3.05) is 0 Å². The highest BCUT2D eigenvalue weighted by Crippen LogP contribution is 2.52. The summed E-state index contributed by atoms with van der Waals surface area (Å²) in [6.45, 7) is 0. The quantitative estimate of drug-likeness (QED) is 0.846. The van der Waals surface area contributed by atoms with Crippen LogP contribution in [0.2, 0.25) is 0 Å². The lowest BCUT2D eigenvalue weighted by Gasteiger charge is -2.11. The Labute approximate surface area is 106 Å². The number of aliphatic carboxylic acids is 1. The molecule has 0 radical (unpaired) electrons. The summed E-state index contributed by atoms with van der Waals surface area (Å²) in [5.41, 5.74) is 2.56. The average molecular weight is 243 g/mol. The zero-order chi connectivity index (χ0) is 12.6. The predicted octanol–water partition coefficient (Wildman–Crippen LogP) is 3.36. The van der Waals surface area contributed by atoms with E-state index >= 15 is 0 Å². The van der Waals surface area contributed by atoms with E-state index in [1.807, 2.05) is 12.1 Å². The Balaban J connectivity index is 1.72. The maximum atomic E-state index is 10.8. The number of nitrogens with one attached hydrogen (secondary N) is 1. The van der Waals surface area contributed by atoms with E-state index in [2.05, 4.69) is 23.3 Å². The molecule has 3 nitrogen and oxygen atoms in total. The molecule has 2 aromatic rings. The number of benzene rings is 1. The highest BCUT2D eigenvalue weighted by atomic mass is 16.4. The molecule has 1 aliphatic carbocycles. The molecule has 0 spiro atoms. The van der Waals surface area contributed by atoms with Crippen LogP contribution in [0.5, 0.6) is 0 Å². The Kier molecular flexibility index (Phi) is 2.62. The molecule has 3 rings (SSSR count). The highest BCUT2D eigenvalue weighted by Gasteiger charge is 2.43. The smallest absolute Gasteiger partial charge is 0.303 e. The van der Waals surface area contributed by atoms with Gasteiger partial charge in [-0.05, 0) is 42.7 Å². The fraction of sp³-hybridized carbons (Fsp3) is 0.400. The summed E-state index contributed by atoms with van der Waals surface area (Å²) in [5, 5.41) is 10.2. The van der Waals surface area contributed by atoms with E-state index in [1.165, 1.54) is 10.9 Å². The van der Waals surface area contributed by atoms with Crippen molar-refractivity contribution >= 4 is 16.9 Å². The molecule has 0 bridgehead atoms. The van der Waals surface area contributed by atoms with Gasteiger partial charge in [-0.3, -0.25) is 4.79 Å². The first-order valence-corrected chi connectivity index (χ1v) is 6.45. The van der Waals surface area contributed by atoms with Crippen LogP contribution in [0.15, 0.2) is 30.5 Å². The van der Waals surface area contributed by atoms with Gasteiger partial charge in [0, 0.05) is 17.1 Å². The lowest BCUT2D eigenvalue weighted by atomic mass is 9.93. The molecule has 0 aliphatic heterocycles. The fourth-order valence-electron chi connectivity index (χ4n) is 2.75. The van der Waals surface area contributed by atoms with Crippen LogP contribution in [0.25, 0.3) is 10.9 Å². The number of aryl methyl sites for hydroxylation is 1. The summed E-state index contributed by atoms with van der Waals surface area (Å²) in [4.78, 5) is 14.1. The maximum absolute atomic E-state index is 10.8. The number of fused-ring (bicyclic) bond motifs is 1. The van der Waals surface area contributed by atoms with Gasteiger partial charge in [-0.15, -0.1) is 0 Å². The summed E-state index contributed by atoms with van der Waals surface area (Å²) >= 11 is 0. The minimum atomic E-state index is -0.661. The van der Waals surface area contributed by atoms with Crippen molar-refractivity contribution in [2.45, 2.75) is 32.1 Å². The SMILES string of the molecule is O=C(O)CC1(CCc2c[nH]c3ccccc23)CC1. The lowest BCUT2D eigenvalue weighted by molar-refractivity contribution is -0.138. The summed E-state index contributed by atoms with van der Waals surface area (Å²) in [6.07, 6.45) is 6.48. The van der Waals surface area contributed by atoms with Crippen LogP contribution >= 0.6 is 0 Å². The molecular formula is C15H17NO2. The van der Waals surface area contributed by atoms with Gasteiger partial charge in [0.2, 0.25) is 0 Å². The van der Waals surface area contributed by atoms with Crippen LogP contribution < -0.4 is 0 Å². The van der Waals surface area contributed by atoms with Crippen molar-refractivity contribution in [1.29, 1.82) is 0 Å². The summed E-state index contributed by atoms with van der Waals surface area (Å²) in [7, 11) is 0. The largest absolute Gasteiger partial charge is 0.481 e. The van der Waals surface area contributed by atoms with E-state index in [1.54, 1.807) is 0 Å². The van der Waals surface area contributed by atoms with Gasteiger partial charge < -0.3 is 10.1 Å². The monoisotopic (exact) mass is 243 g/mol. The van der Waals surface area contributed by atoms with E-state index < -0.39 is 5.97 Å². The van der Waals surface area contributed by atoms with E-state index in [4.69, 9.17) is 5.11 Å². The predicted molar refractivity (Wildman–Crippen MR) is 70.5 cm³/mol. The number of carboxylic acid groups (broad SMARTS) is 1. The number of carboxylic acids is 1. The molecule has 0 amide bonds. The number of rotatable bonds is 5. The first-order chi connectivity index (χ1) is 8.69. The van der Waals surface area contributed by atoms with Crippen molar-refractivity contribution in [3.8, 4) is 0 Å². The van der Waals surface area contributed by atoms with Gasteiger partial charge in [-0.2, -0.15) is 0 Å². The second kappa shape index (κ2) is 4.16. The molecule has 0 unspecified atom stereocenters. The Hall–Kier alpha value is -1.77.